The predicted octanol–water partition coefficient (Wildman–Crippen LogP) is 4.20. The van der Waals surface area contributed by atoms with Crippen molar-refractivity contribution in [2.45, 2.75) is 39.5 Å². The summed E-state index contributed by atoms with van der Waals surface area (Å²) in [6.07, 6.45) is 4.44. The summed E-state index contributed by atoms with van der Waals surface area (Å²) in [6, 6.07) is 3.68. The van der Waals surface area contributed by atoms with Crippen LogP contribution in [0.15, 0.2) is 17.5 Å². The van der Waals surface area contributed by atoms with Crippen LogP contribution in [0.2, 0.25) is 0 Å². The van der Waals surface area contributed by atoms with Crippen molar-refractivity contribution >= 4 is 23.6 Å². The number of rotatable bonds is 9. The fraction of sp³-hybridized carbons (Fsp3) is 0.667. The summed E-state index contributed by atoms with van der Waals surface area (Å²) in [6.45, 7) is 4.91. The maximum Gasteiger partial charge on any atom is 0.371 e. The van der Waals surface area contributed by atoms with Crippen molar-refractivity contribution in [1.29, 1.82) is 0 Å². The molecule has 0 saturated heterocycles. The van der Waals surface area contributed by atoms with Crippen LogP contribution in [0.3, 0.4) is 0 Å². The van der Waals surface area contributed by atoms with E-state index in [2.05, 4.69) is 6.92 Å². The second kappa shape index (κ2) is 8.04. The van der Waals surface area contributed by atoms with E-state index >= 15 is 0 Å². The minimum atomic E-state index is -3.05. The topological polar surface area (TPSA) is 35.5 Å². The normalized spacial score (nSPS) is 14.7. The van der Waals surface area contributed by atoms with Gasteiger partial charge in [0.2, 0.25) is 0 Å². The van der Waals surface area contributed by atoms with Gasteiger partial charge in [0.25, 0.3) is 0 Å². The minimum Gasteiger partial charge on any atom is -0.305 e. The second-order valence-electron chi connectivity index (χ2n) is 3.76. The van der Waals surface area contributed by atoms with Gasteiger partial charge in [-0.1, -0.05) is 32.3 Å². The number of hydrogen-bond donors (Lipinski definition) is 0. The molecule has 0 amide bonds. The van der Waals surface area contributed by atoms with Crippen LogP contribution in [0.1, 0.15) is 39.5 Å². The zero-order valence-electron chi connectivity index (χ0n) is 10.6. The van der Waals surface area contributed by atoms with Gasteiger partial charge in [-0.15, -0.1) is 11.3 Å². The molecule has 0 fully saturated rings. The molecular formula is C12H21O3PS. The fourth-order valence-electron chi connectivity index (χ4n) is 1.47. The van der Waals surface area contributed by atoms with Crippen LogP contribution in [0.4, 0.5) is 0 Å². The van der Waals surface area contributed by atoms with E-state index in [-0.39, 0.29) is 0 Å². The van der Waals surface area contributed by atoms with E-state index in [1.807, 2.05) is 24.4 Å². The van der Waals surface area contributed by atoms with E-state index in [4.69, 9.17) is 9.05 Å². The SMILES string of the molecule is CCCCCCOP(=O)(OCC)c1cccs1. The Kier molecular flexibility index (Phi) is 7.05. The molecule has 0 aliphatic rings. The maximum absolute atomic E-state index is 12.5. The zero-order valence-corrected chi connectivity index (χ0v) is 12.3. The molecule has 1 unspecified atom stereocenters. The van der Waals surface area contributed by atoms with E-state index in [0.717, 1.165) is 12.8 Å². The van der Waals surface area contributed by atoms with Crippen molar-refractivity contribution in [3.05, 3.63) is 17.5 Å². The van der Waals surface area contributed by atoms with E-state index < -0.39 is 7.60 Å². The molecule has 0 N–H and O–H groups in total. The Balaban J connectivity index is 2.46. The Morgan fingerprint density at radius 1 is 1.24 bits per heavy atom. The van der Waals surface area contributed by atoms with Gasteiger partial charge in [-0.3, -0.25) is 4.57 Å². The lowest BCUT2D eigenvalue weighted by atomic mass is 10.2. The van der Waals surface area contributed by atoms with E-state index in [1.54, 1.807) is 0 Å². The van der Waals surface area contributed by atoms with Gasteiger partial charge in [-0.2, -0.15) is 0 Å². The Hall–Kier alpha value is -0.150. The first-order valence-electron chi connectivity index (χ1n) is 6.16. The summed E-state index contributed by atoms with van der Waals surface area (Å²) in [5.41, 5.74) is 0. The Morgan fingerprint density at radius 3 is 2.65 bits per heavy atom. The molecule has 1 heterocycles. The summed E-state index contributed by atoms with van der Waals surface area (Å²) in [4.78, 5) is 0. The Bertz CT molecular complexity index is 338. The third kappa shape index (κ3) is 4.92. The molecule has 0 saturated carbocycles. The molecule has 98 valence electrons. The van der Waals surface area contributed by atoms with Gasteiger partial charge in [-0.05, 0) is 24.8 Å². The first-order chi connectivity index (χ1) is 8.23. The second-order valence-corrected chi connectivity index (χ2v) is 7.00. The van der Waals surface area contributed by atoms with Crippen molar-refractivity contribution < 1.29 is 13.6 Å². The lowest BCUT2D eigenvalue weighted by molar-refractivity contribution is 0.217. The predicted molar refractivity (Wildman–Crippen MR) is 73.3 cm³/mol. The molecule has 3 nitrogen and oxygen atoms in total. The molecule has 1 rings (SSSR count). The highest BCUT2D eigenvalue weighted by atomic mass is 32.1. The van der Waals surface area contributed by atoms with Crippen LogP contribution in [-0.2, 0) is 13.6 Å². The van der Waals surface area contributed by atoms with Crippen molar-refractivity contribution in [2.24, 2.45) is 0 Å². The molecule has 0 aliphatic carbocycles. The quantitative estimate of drug-likeness (QED) is 0.501. The van der Waals surface area contributed by atoms with Crippen LogP contribution >= 0.6 is 18.9 Å². The van der Waals surface area contributed by atoms with Crippen molar-refractivity contribution in [3.63, 3.8) is 0 Å². The van der Waals surface area contributed by atoms with Crippen LogP contribution < -0.4 is 4.62 Å². The molecule has 1 aromatic heterocycles. The number of unbranched alkanes of at least 4 members (excludes halogenated alkanes) is 3. The van der Waals surface area contributed by atoms with Crippen LogP contribution in [0.25, 0.3) is 0 Å². The van der Waals surface area contributed by atoms with Gasteiger partial charge in [0.15, 0.2) is 0 Å². The Labute approximate surface area is 108 Å². The lowest BCUT2D eigenvalue weighted by Gasteiger charge is -2.16. The minimum absolute atomic E-state index is 0.407. The highest BCUT2D eigenvalue weighted by Crippen LogP contribution is 2.48. The summed E-state index contributed by atoms with van der Waals surface area (Å²) in [7, 11) is -3.05. The molecule has 1 atom stereocenters. The lowest BCUT2D eigenvalue weighted by Crippen LogP contribution is -2.07. The van der Waals surface area contributed by atoms with Gasteiger partial charge in [0, 0.05) is 0 Å². The summed E-state index contributed by atoms with van der Waals surface area (Å²) in [5, 5.41) is 1.89. The van der Waals surface area contributed by atoms with E-state index in [9.17, 15) is 4.57 Å². The summed E-state index contributed by atoms with van der Waals surface area (Å²) < 4.78 is 24.0. The van der Waals surface area contributed by atoms with Crippen molar-refractivity contribution in [1.82, 2.24) is 0 Å². The third-order valence-electron chi connectivity index (χ3n) is 2.33. The largest absolute Gasteiger partial charge is 0.371 e. The Morgan fingerprint density at radius 2 is 2.06 bits per heavy atom. The van der Waals surface area contributed by atoms with Gasteiger partial charge >= 0.3 is 7.60 Å². The van der Waals surface area contributed by atoms with Gasteiger partial charge < -0.3 is 9.05 Å². The third-order valence-corrected chi connectivity index (χ3v) is 5.80. The van der Waals surface area contributed by atoms with Gasteiger partial charge in [0.1, 0.15) is 4.62 Å². The smallest absolute Gasteiger partial charge is 0.305 e. The zero-order chi connectivity index (χ0) is 12.6. The average Bonchev–Trinajstić information content (AvgIpc) is 2.83. The summed E-state index contributed by atoms with van der Waals surface area (Å²) in [5.74, 6) is 0. The first-order valence-corrected chi connectivity index (χ1v) is 8.58. The first kappa shape index (κ1) is 14.9. The molecule has 0 bridgehead atoms. The van der Waals surface area contributed by atoms with Crippen molar-refractivity contribution in [2.75, 3.05) is 13.2 Å². The summed E-state index contributed by atoms with van der Waals surface area (Å²) >= 11 is 1.42. The van der Waals surface area contributed by atoms with E-state index in [1.165, 1.54) is 24.2 Å². The highest BCUT2D eigenvalue weighted by molar-refractivity contribution is 7.68. The molecule has 0 spiro atoms. The molecular weight excluding hydrogens is 255 g/mol. The van der Waals surface area contributed by atoms with Crippen LogP contribution in [-0.4, -0.2) is 13.2 Å². The maximum atomic E-state index is 12.5. The van der Waals surface area contributed by atoms with Gasteiger partial charge in [0.05, 0.1) is 13.2 Å². The molecule has 0 radical (unpaired) electrons. The van der Waals surface area contributed by atoms with Crippen LogP contribution in [0, 0.1) is 0 Å². The molecule has 0 aliphatic heterocycles. The van der Waals surface area contributed by atoms with Crippen molar-refractivity contribution in [3.8, 4) is 0 Å². The number of thiophene rings is 1. The number of hydrogen-bond acceptors (Lipinski definition) is 4. The van der Waals surface area contributed by atoms with E-state index in [0.29, 0.717) is 17.8 Å². The highest BCUT2D eigenvalue weighted by Gasteiger charge is 2.27. The molecule has 17 heavy (non-hydrogen) atoms. The fourth-order valence-corrected chi connectivity index (χ4v) is 4.25. The van der Waals surface area contributed by atoms with Gasteiger partial charge in [-0.25, -0.2) is 0 Å². The standard InChI is InChI=1S/C12H21O3PS/c1-3-5-6-7-10-15-16(13,14-4-2)12-9-8-11-17-12/h8-9,11H,3-7,10H2,1-2H3. The molecule has 5 heteroatoms. The van der Waals surface area contributed by atoms with Crippen LogP contribution in [0.5, 0.6) is 0 Å². The molecule has 1 aromatic rings. The molecule has 0 aromatic carbocycles. The monoisotopic (exact) mass is 276 g/mol. The average molecular weight is 276 g/mol.